The lowest BCUT2D eigenvalue weighted by Crippen LogP contribution is -2.28. The maximum atomic E-state index is 12.6. The van der Waals surface area contributed by atoms with Crippen molar-refractivity contribution < 1.29 is 14.3 Å². The van der Waals surface area contributed by atoms with E-state index in [9.17, 15) is 4.79 Å². The van der Waals surface area contributed by atoms with Gasteiger partial charge in [-0.2, -0.15) is 0 Å². The second kappa shape index (κ2) is 6.12. The molecule has 25 heavy (non-hydrogen) atoms. The first-order chi connectivity index (χ1) is 12.1. The molecule has 1 aliphatic heterocycles. The standard InChI is InChI=1S/C19H19N3O3/c1-21-15-8-4-3-7-14(15)20-19(21)22(2)17(23)11-10-13-6-5-9-16-18(13)25-12-24-16/h3-9H,10-12H2,1-2H3. The van der Waals surface area contributed by atoms with Gasteiger partial charge in [0.05, 0.1) is 11.0 Å². The van der Waals surface area contributed by atoms with Gasteiger partial charge in [0.2, 0.25) is 18.6 Å². The summed E-state index contributed by atoms with van der Waals surface area (Å²) in [7, 11) is 3.68. The molecule has 0 bridgehead atoms. The maximum absolute atomic E-state index is 12.6. The quantitative estimate of drug-likeness (QED) is 0.734. The predicted octanol–water partition coefficient (Wildman–Crippen LogP) is 2.90. The maximum Gasteiger partial charge on any atom is 0.231 e. The molecule has 1 aromatic heterocycles. The molecule has 1 amide bonds. The van der Waals surface area contributed by atoms with Gasteiger partial charge in [0.1, 0.15) is 0 Å². The van der Waals surface area contributed by atoms with E-state index in [1.54, 1.807) is 11.9 Å². The van der Waals surface area contributed by atoms with E-state index in [0.717, 1.165) is 28.1 Å². The average Bonchev–Trinajstić information content (AvgIpc) is 3.24. The number of rotatable bonds is 4. The van der Waals surface area contributed by atoms with E-state index in [-0.39, 0.29) is 12.7 Å². The molecule has 0 aliphatic carbocycles. The van der Waals surface area contributed by atoms with Gasteiger partial charge >= 0.3 is 0 Å². The highest BCUT2D eigenvalue weighted by atomic mass is 16.7. The smallest absolute Gasteiger partial charge is 0.231 e. The van der Waals surface area contributed by atoms with Gasteiger partial charge in [0.15, 0.2) is 11.5 Å². The number of hydrogen-bond donors (Lipinski definition) is 0. The summed E-state index contributed by atoms with van der Waals surface area (Å²) in [4.78, 5) is 18.8. The van der Waals surface area contributed by atoms with Gasteiger partial charge in [-0.1, -0.05) is 24.3 Å². The van der Waals surface area contributed by atoms with Crippen molar-refractivity contribution in [3.8, 4) is 11.5 Å². The van der Waals surface area contributed by atoms with Gasteiger partial charge in [0.25, 0.3) is 0 Å². The number of para-hydroxylation sites is 3. The molecule has 4 rings (SSSR count). The summed E-state index contributed by atoms with van der Waals surface area (Å²) in [5.74, 6) is 2.15. The van der Waals surface area contributed by atoms with Crippen LogP contribution in [0.3, 0.4) is 0 Å². The number of fused-ring (bicyclic) bond motifs is 2. The lowest BCUT2D eigenvalue weighted by Gasteiger charge is -2.16. The van der Waals surface area contributed by atoms with Crippen molar-refractivity contribution >= 4 is 22.9 Å². The highest BCUT2D eigenvalue weighted by Crippen LogP contribution is 2.36. The molecule has 0 spiro atoms. The Morgan fingerprint density at radius 2 is 2.04 bits per heavy atom. The van der Waals surface area contributed by atoms with Crippen molar-refractivity contribution in [3.05, 3.63) is 48.0 Å². The van der Waals surface area contributed by atoms with Crippen molar-refractivity contribution in [1.29, 1.82) is 0 Å². The Bertz CT molecular complexity index is 948. The summed E-state index contributed by atoms with van der Waals surface area (Å²) in [5, 5.41) is 0. The van der Waals surface area contributed by atoms with Crippen LogP contribution < -0.4 is 14.4 Å². The zero-order valence-electron chi connectivity index (χ0n) is 14.2. The van der Waals surface area contributed by atoms with Gasteiger partial charge in [-0.25, -0.2) is 4.98 Å². The first-order valence-corrected chi connectivity index (χ1v) is 8.20. The van der Waals surface area contributed by atoms with Gasteiger partial charge in [-0.15, -0.1) is 0 Å². The third-order valence-electron chi connectivity index (χ3n) is 4.52. The topological polar surface area (TPSA) is 56.6 Å². The fraction of sp³-hybridized carbons (Fsp3) is 0.263. The first-order valence-electron chi connectivity index (χ1n) is 8.20. The fourth-order valence-electron chi connectivity index (χ4n) is 3.14. The molecule has 3 aromatic rings. The zero-order valence-corrected chi connectivity index (χ0v) is 14.2. The summed E-state index contributed by atoms with van der Waals surface area (Å²) in [6.45, 7) is 0.236. The molecular weight excluding hydrogens is 318 g/mol. The summed E-state index contributed by atoms with van der Waals surface area (Å²) >= 11 is 0. The molecule has 0 N–H and O–H groups in total. The number of hydrogen-bond acceptors (Lipinski definition) is 4. The van der Waals surface area contributed by atoms with Crippen LogP contribution in [-0.4, -0.2) is 29.3 Å². The monoisotopic (exact) mass is 337 g/mol. The molecule has 0 fully saturated rings. The number of ether oxygens (including phenoxy) is 2. The van der Waals surface area contributed by atoms with E-state index in [4.69, 9.17) is 9.47 Å². The number of aryl methyl sites for hydroxylation is 2. The molecule has 128 valence electrons. The van der Waals surface area contributed by atoms with Crippen LogP contribution in [0.1, 0.15) is 12.0 Å². The van der Waals surface area contributed by atoms with E-state index < -0.39 is 0 Å². The Kier molecular flexibility index (Phi) is 3.80. The Hall–Kier alpha value is -3.02. The fourth-order valence-corrected chi connectivity index (χ4v) is 3.14. The summed E-state index contributed by atoms with van der Waals surface area (Å²) in [5.41, 5.74) is 2.87. The van der Waals surface area contributed by atoms with E-state index in [0.29, 0.717) is 18.8 Å². The molecule has 0 unspecified atom stereocenters. The summed E-state index contributed by atoms with van der Waals surface area (Å²) in [6.07, 6.45) is 0.971. The molecular formula is C19H19N3O3. The molecule has 6 heteroatoms. The second-order valence-corrected chi connectivity index (χ2v) is 6.06. The second-order valence-electron chi connectivity index (χ2n) is 6.06. The predicted molar refractivity (Wildman–Crippen MR) is 95.0 cm³/mol. The molecule has 0 saturated heterocycles. The summed E-state index contributed by atoms with van der Waals surface area (Å²) in [6, 6.07) is 13.6. The first kappa shape index (κ1) is 15.5. The molecule has 2 heterocycles. The minimum Gasteiger partial charge on any atom is -0.454 e. The van der Waals surface area contributed by atoms with Crippen molar-refractivity contribution in [2.24, 2.45) is 7.05 Å². The van der Waals surface area contributed by atoms with E-state index in [1.807, 2.05) is 54.1 Å². The van der Waals surface area contributed by atoms with E-state index in [1.165, 1.54) is 0 Å². The van der Waals surface area contributed by atoms with E-state index >= 15 is 0 Å². The van der Waals surface area contributed by atoms with Gasteiger partial charge < -0.3 is 14.0 Å². The lowest BCUT2D eigenvalue weighted by atomic mass is 10.1. The van der Waals surface area contributed by atoms with Gasteiger partial charge in [0, 0.05) is 20.5 Å². The normalized spacial score (nSPS) is 12.6. The third kappa shape index (κ3) is 2.69. The van der Waals surface area contributed by atoms with Crippen molar-refractivity contribution in [3.63, 3.8) is 0 Å². The molecule has 0 saturated carbocycles. The molecule has 6 nitrogen and oxygen atoms in total. The average molecular weight is 337 g/mol. The lowest BCUT2D eigenvalue weighted by molar-refractivity contribution is -0.118. The van der Waals surface area contributed by atoms with Crippen molar-refractivity contribution in [1.82, 2.24) is 9.55 Å². The number of benzene rings is 2. The third-order valence-corrected chi connectivity index (χ3v) is 4.52. The van der Waals surface area contributed by atoms with Crippen molar-refractivity contribution in [2.75, 3.05) is 18.7 Å². The highest BCUT2D eigenvalue weighted by Gasteiger charge is 2.20. The minimum atomic E-state index is 0.00919. The minimum absolute atomic E-state index is 0.00919. The number of anilines is 1. The zero-order chi connectivity index (χ0) is 17.4. The van der Waals surface area contributed by atoms with Crippen LogP contribution in [0.5, 0.6) is 11.5 Å². The Labute approximate surface area is 145 Å². The highest BCUT2D eigenvalue weighted by molar-refractivity contribution is 5.93. The molecule has 2 aromatic carbocycles. The Balaban J connectivity index is 1.51. The Morgan fingerprint density at radius 1 is 1.20 bits per heavy atom. The van der Waals surface area contributed by atoms with Crippen molar-refractivity contribution in [2.45, 2.75) is 12.8 Å². The number of carbonyl (C=O) groups excluding carboxylic acids is 1. The Morgan fingerprint density at radius 3 is 2.88 bits per heavy atom. The number of imidazole rings is 1. The van der Waals surface area contributed by atoms with Crippen LogP contribution in [-0.2, 0) is 18.3 Å². The molecule has 0 atom stereocenters. The van der Waals surface area contributed by atoms with Gasteiger partial charge in [-0.05, 0) is 30.2 Å². The van der Waals surface area contributed by atoms with Crippen LogP contribution in [0.25, 0.3) is 11.0 Å². The summed E-state index contributed by atoms with van der Waals surface area (Å²) < 4.78 is 12.8. The number of amides is 1. The van der Waals surface area contributed by atoms with Crippen LogP contribution >= 0.6 is 0 Å². The number of aromatic nitrogens is 2. The number of nitrogens with zero attached hydrogens (tertiary/aromatic N) is 3. The van der Waals surface area contributed by atoms with Crippen LogP contribution in [0, 0.1) is 0 Å². The molecule has 0 radical (unpaired) electrons. The largest absolute Gasteiger partial charge is 0.454 e. The van der Waals surface area contributed by atoms with Gasteiger partial charge in [-0.3, -0.25) is 9.69 Å². The van der Waals surface area contributed by atoms with Crippen LogP contribution in [0.15, 0.2) is 42.5 Å². The SMILES string of the molecule is CN(C(=O)CCc1cccc2c1OCO2)c1nc2ccccc2n1C. The van der Waals surface area contributed by atoms with E-state index in [2.05, 4.69) is 4.98 Å². The molecule has 1 aliphatic rings. The number of carbonyl (C=O) groups is 1. The van der Waals surface area contributed by atoms with Crippen LogP contribution in [0.4, 0.5) is 5.95 Å². The van der Waals surface area contributed by atoms with Crippen LogP contribution in [0.2, 0.25) is 0 Å².